The van der Waals surface area contributed by atoms with Crippen molar-refractivity contribution in [2.45, 2.75) is 25.2 Å². The Labute approximate surface area is 155 Å². The number of hydrogen-bond donors (Lipinski definition) is 1. The number of halogens is 2. The molecule has 0 spiro atoms. The molecule has 2 N–H and O–H groups in total. The number of nitrogens with zero attached hydrogens (tertiary/aromatic N) is 5. The first-order valence-electron chi connectivity index (χ1n) is 8.68. The predicted octanol–water partition coefficient (Wildman–Crippen LogP) is 3.04. The highest BCUT2D eigenvalue weighted by Crippen LogP contribution is 2.29. The van der Waals surface area contributed by atoms with E-state index in [2.05, 4.69) is 9.83 Å². The lowest BCUT2D eigenvalue weighted by Gasteiger charge is -2.34. The number of alkyl halides is 1. The Morgan fingerprint density at radius 3 is 2.85 bits per heavy atom. The molecule has 4 rings (SSSR count). The monoisotopic (exact) mass is 368 g/mol. The van der Waals surface area contributed by atoms with Gasteiger partial charge in [-0.15, -0.1) is 0 Å². The van der Waals surface area contributed by atoms with E-state index in [9.17, 15) is 8.78 Å². The summed E-state index contributed by atoms with van der Waals surface area (Å²) in [6.07, 6.45) is 0.488. The minimum absolute atomic E-state index is 0.340. The number of hydrogen-bond acceptors (Lipinski definition) is 4. The maximum atomic E-state index is 13.8. The van der Waals surface area contributed by atoms with E-state index in [0.717, 1.165) is 11.0 Å². The SMILES string of the molecule is [C-]#[N+]c1ccc2nc(N3CC[C@@H](F)[C@H](N)C3)n(Cc3ccc(F)cn3)c2c1. The van der Waals surface area contributed by atoms with Gasteiger partial charge in [-0.2, -0.15) is 0 Å². The Bertz CT molecular complexity index is 1010. The standard InChI is InChI=1S/C19H18F2N6/c1-23-13-4-5-17-18(8-13)27(10-14-3-2-12(20)9-24-14)19(25-17)26-7-6-15(21)16(22)11-26/h2-5,8-9,15-16H,6-7,10-11,22H2/t15-,16-/m1/s1. The van der Waals surface area contributed by atoms with Crippen LogP contribution < -0.4 is 10.6 Å². The summed E-state index contributed by atoms with van der Waals surface area (Å²) in [5.41, 5.74) is 8.59. The number of rotatable bonds is 3. The van der Waals surface area contributed by atoms with Crippen molar-refractivity contribution in [3.05, 3.63) is 59.5 Å². The third-order valence-corrected chi connectivity index (χ3v) is 4.80. The van der Waals surface area contributed by atoms with Gasteiger partial charge in [0.15, 0.2) is 5.69 Å². The molecule has 0 bridgehead atoms. The molecule has 27 heavy (non-hydrogen) atoms. The number of benzene rings is 1. The normalized spacial score (nSPS) is 20.0. The highest BCUT2D eigenvalue weighted by molar-refractivity contribution is 5.83. The number of imidazole rings is 1. The zero-order valence-electron chi connectivity index (χ0n) is 14.5. The molecule has 0 amide bonds. The van der Waals surface area contributed by atoms with E-state index in [0.29, 0.717) is 43.4 Å². The number of nitrogens with two attached hydrogens (primary N) is 1. The average Bonchev–Trinajstić information content (AvgIpc) is 3.03. The molecule has 1 saturated heterocycles. The van der Waals surface area contributed by atoms with E-state index in [-0.39, 0.29) is 0 Å². The van der Waals surface area contributed by atoms with Crippen molar-refractivity contribution in [1.82, 2.24) is 14.5 Å². The fraction of sp³-hybridized carbons (Fsp3) is 0.316. The van der Waals surface area contributed by atoms with Crippen LogP contribution in [0.25, 0.3) is 15.9 Å². The zero-order valence-corrected chi connectivity index (χ0v) is 14.5. The Morgan fingerprint density at radius 1 is 1.30 bits per heavy atom. The van der Waals surface area contributed by atoms with Gasteiger partial charge >= 0.3 is 0 Å². The van der Waals surface area contributed by atoms with Crippen LogP contribution in [0, 0.1) is 12.4 Å². The summed E-state index contributed by atoms with van der Waals surface area (Å²) in [5, 5.41) is 0. The van der Waals surface area contributed by atoms with E-state index >= 15 is 0 Å². The zero-order chi connectivity index (χ0) is 19.0. The Hall–Kier alpha value is -3.05. The molecule has 2 aromatic heterocycles. The van der Waals surface area contributed by atoms with Crippen molar-refractivity contribution in [1.29, 1.82) is 0 Å². The molecule has 0 unspecified atom stereocenters. The van der Waals surface area contributed by atoms with Gasteiger partial charge in [0.05, 0.1) is 42.1 Å². The van der Waals surface area contributed by atoms with Crippen molar-refractivity contribution >= 4 is 22.7 Å². The van der Waals surface area contributed by atoms with Crippen LogP contribution in [0.1, 0.15) is 12.1 Å². The molecular weight excluding hydrogens is 350 g/mol. The minimum atomic E-state index is -1.02. The summed E-state index contributed by atoms with van der Waals surface area (Å²) in [6, 6.07) is 7.67. The van der Waals surface area contributed by atoms with E-state index in [1.54, 1.807) is 24.3 Å². The Morgan fingerprint density at radius 2 is 2.15 bits per heavy atom. The van der Waals surface area contributed by atoms with Gasteiger partial charge in [-0.1, -0.05) is 6.07 Å². The lowest BCUT2D eigenvalue weighted by atomic mass is 10.1. The lowest BCUT2D eigenvalue weighted by Crippen LogP contribution is -2.50. The third kappa shape index (κ3) is 3.34. The van der Waals surface area contributed by atoms with Gasteiger partial charge in [-0.05, 0) is 30.7 Å². The Kier molecular flexibility index (Phi) is 4.46. The van der Waals surface area contributed by atoms with E-state index < -0.39 is 18.0 Å². The summed E-state index contributed by atoms with van der Waals surface area (Å²) < 4.78 is 28.9. The molecule has 3 heterocycles. The van der Waals surface area contributed by atoms with E-state index in [1.165, 1.54) is 12.3 Å². The van der Waals surface area contributed by atoms with Crippen LogP contribution >= 0.6 is 0 Å². The predicted molar refractivity (Wildman–Crippen MR) is 99.0 cm³/mol. The van der Waals surface area contributed by atoms with E-state index in [1.807, 2.05) is 9.47 Å². The molecule has 1 aliphatic heterocycles. The lowest BCUT2D eigenvalue weighted by molar-refractivity contribution is 0.243. The first-order valence-corrected chi connectivity index (χ1v) is 8.68. The average molecular weight is 368 g/mol. The molecule has 0 aliphatic carbocycles. The first-order chi connectivity index (χ1) is 13.0. The minimum Gasteiger partial charge on any atom is -0.340 e. The molecule has 8 heteroatoms. The molecule has 1 fully saturated rings. The molecule has 3 aromatic rings. The molecular formula is C19H18F2N6. The molecule has 0 saturated carbocycles. The van der Waals surface area contributed by atoms with Crippen LogP contribution in [0.4, 0.5) is 20.4 Å². The topological polar surface area (TPSA) is 64.3 Å². The second-order valence-electron chi connectivity index (χ2n) is 6.67. The van der Waals surface area contributed by atoms with Gasteiger partial charge in [-0.25, -0.2) is 18.6 Å². The third-order valence-electron chi connectivity index (χ3n) is 4.80. The van der Waals surface area contributed by atoms with Crippen LogP contribution in [0.5, 0.6) is 0 Å². The van der Waals surface area contributed by atoms with Crippen molar-refractivity contribution in [2.75, 3.05) is 18.0 Å². The van der Waals surface area contributed by atoms with Crippen LogP contribution in [-0.2, 0) is 6.54 Å². The van der Waals surface area contributed by atoms with Crippen LogP contribution in [0.15, 0.2) is 36.5 Å². The Balaban J connectivity index is 1.79. The first kappa shape index (κ1) is 17.4. The second kappa shape index (κ2) is 6.93. The fourth-order valence-electron chi connectivity index (χ4n) is 3.36. The number of anilines is 1. The molecule has 6 nitrogen and oxygen atoms in total. The van der Waals surface area contributed by atoms with Crippen molar-refractivity contribution in [3.8, 4) is 0 Å². The van der Waals surface area contributed by atoms with Gasteiger partial charge in [0.25, 0.3) is 0 Å². The van der Waals surface area contributed by atoms with E-state index in [4.69, 9.17) is 17.3 Å². The second-order valence-corrected chi connectivity index (χ2v) is 6.67. The summed E-state index contributed by atoms with van der Waals surface area (Å²) in [4.78, 5) is 14.3. The van der Waals surface area contributed by atoms with Crippen LogP contribution in [0.2, 0.25) is 0 Å². The summed E-state index contributed by atoms with van der Waals surface area (Å²) >= 11 is 0. The van der Waals surface area contributed by atoms with Crippen LogP contribution in [0.3, 0.4) is 0 Å². The van der Waals surface area contributed by atoms with Gasteiger partial charge in [-0.3, -0.25) is 4.98 Å². The molecule has 1 aliphatic rings. The number of aromatic nitrogens is 3. The van der Waals surface area contributed by atoms with Gasteiger partial charge in [0.2, 0.25) is 5.95 Å². The van der Waals surface area contributed by atoms with Crippen molar-refractivity contribution < 1.29 is 8.78 Å². The fourth-order valence-corrected chi connectivity index (χ4v) is 3.36. The van der Waals surface area contributed by atoms with Gasteiger partial charge < -0.3 is 15.2 Å². The quantitative estimate of drug-likeness (QED) is 0.722. The van der Waals surface area contributed by atoms with Gasteiger partial charge in [0.1, 0.15) is 12.0 Å². The number of fused-ring (bicyclic) bond motifs is 1. The molecule has 0 radical (unpaired) electrons. The van der Waals surface area contributed by atoms with Crippen molar-refractivity contribution in [3.63, 3.8) is 0 Å². The summed E-state index contributed by atoms with van der Waals surface area (Å²) in [5.74, 6) is 0.251. The van der Waals surface area contributed by atoms with Crippen LogP contribution in [-0.4, -0.2) is 39.8 Å². The molecule has 1 aromatic carbocycles. The highest BCUT2D eigenvalue weighted by Gasteiger charge is 2.29. The summed E-state index contributed by atoms with van der Waals surface area (Å²) in [7, 11) is 0. The molecule has 2 atom stereocenters. The maximum absolute atomic E-state index is 13.8. The smallest absolute Gasteiger partial charge is 0.206 e. The molecule has 138 valence electrons. The van der Waals surface area contributed by atoms with Gasteiger partial charge in [0, 0.05) is 13.1 Å². The summed E-state index contributed by atoms with van der Waals surface area (Å²) in [6.45, 7) is 8.48. The number of piperidine rings is 1. The maximum Gasteiger partial charge on any atom is 0.206 e. The number of pyridine rings is 1. The largest absolute Gasteiger partial charge is 0.340 e. The highest BCUT2D eigenvalue weighted by atomic mass is 19.1. The van der Waals surface area contributed by atoms with Crippen molar-refractivity contribution in [2.24, 2.45) is 5.73 Å².